The summed E-state index contributed by atoms with van der Waals surface area (Å²) in [6.45, 7) is -2.51. The lowest BCUT2D eigenvalue weighted by atomic mass is 9.87. The Balaban J connectivity index is 1.95. The molecule has 1 saturated carbocycles. The second kappa shape index (κ2) is 6.56. The maximum atomic E-state index is 12.9. The van der Waals surface area contributed by atoms with Crippen LogP contribution in [-0.2, 0) is 9.05 Å². The Bertz CT molecular complexity index is 799. The number of non-ortho nitro benzene ring substituents is 1. The molecule has 1 unspecified atom stereocenters. The Morgan fingerprint density at radius 2 is 2.04 bits per heavy atom. The minimum absolute atomic E-state index is 0.0935. The minimum atomic E-state index is -4.75. The van der Waals surface area contributed by atoms with Gasteiger partial charge in [-0.25, -0.2) is 0 Å². The van der Waals surface area contributed by atoms with Gasteiger partial charge in [0.05, 0.1) is 20.0 Å². The normalized spacial score (nSPS) is 36.5. The maximum Gasteiger partial charge on any atom is 0.429 e. The van der Waals surface area contributed by atoms with Crippen molar-refractivity contribution < 1.29 is 32.4 Å². The van der Waals surface area contributed by atoms with E-state index in [1.165, 1.54) is 0 Å². The van der Waals surface area contributed by atoms with Crippen molar-refractivity contribution in [1.29, 1.82) is 0 Å². The van der Waals surface area contributed by atoms with Crippen LogP contribution < -0.4 is 9.42 Å². The van der Waals surface area contributed by atoms with E-state index in [1.807, 2.05) is 0 Å². The first-order valence-electron chi connectivity index (χ1n) is 8.60. The molecule has 1 aliphatic carbocycles. The predicted molar refractivity (Wildman–Crippen MR) is 80.1 cm³/mol. The number of hydrogen-bond acceptors (Lipinski definition) is 8. The summed E-state index contributed by atoms with van der Waals surface area (Å²) in [5.41, 5.74) is -1.45. The van der Waals surface area contributed by atoms with Crippen LogP contribution in [0, 0.1) is 26.1 Å². The lowest BCUT2D eigenvalue weighted by Gasteiger charge is -2.39. The fourth-order valence-electron chi connectivity index (χ4n) is 2.50. The number of nitro benzene ring substituents is 2. The highest BCUT2D eigenvalue weighted by Crippen LogP contribution is 2.60. The molecule has 0 amide bonds. The van der Waals surface area contributed by atoms with Crippen LogP contribution in [0.15, 0.2) is 18.2 Å². The highest BCUT2D eigenvalue weighted by Gasteiger charge is 2.48. The zero-order valence-electron chi connectivity index (χ0n) is 15.2. The van der Waals surface area contributed by atoms with Gasteiger partial charge in [-0.15, -0.1) is 0 Å². The number of nitro groups is 2. The van der Waals surface area contributed by atoms with Crippen molar-refractivity contribution in [2.45, 2.75) is 31.8 Å². The van der Waals surface area contributed by atoms with Crippen LogP contribution in [0.5, 0.6) is 5.75 Å². The fraction of sp³-hybridized carbons (Fsp3) is 0.538. The highest BCUT2D eigenvalue weighted by molar-refractivity contribution is 7.54. The quantitative estimate of drug-likeness (QED) is 0.453. The average molecular weight is 361 g/mol. The van der Waals surface area contributed by atoms with Gasteiger partial charge >= 0.3 is 13.9 Å². The zero-order chi connectivity index (χ0) is 20.0. The molecule has 24 heavy (non-hydrogen) atoms. The van der Waals surface area contributed by atoms with Gasteiger partial charge in [0.15, 0.2) is 0 Å². The van der Waals surface area contributed by atoms with Crippen LogP contribution >= 0.6 is 8.17 Å². The van der Waals surface area contributed by atoms with Crippen LogP contribution in [0.25, 0.3) is 0 Å². The molecule has 3 atom stereocenters. The van der Waals surface area contributed by atoms with E-state index in [-0.39, 0.29) is 12.8 Å². The first-order valence-corrected chi connectivity index (χ1v) is 8.56. The lowest BCUT2D eigenvalue weighted by molar-refractivity contribution is -0.394. The summed E-state index contributed by atoms with van der Waals surface area (Å²) in [4.78, 5) is 33.0. The average Bonchev–Trinajstić information content (AvgIpc) is 2.52. The van der Waals surface area contributed by atoms with Crippen LogP contribution in [-0.4, -0.2) is 22.5 Å². The molecular formula is C13H15N2O8P. The maximum absolute atomic E-state index is 12.9. The van der Waals surface area contributed by atoms with Crippen LogP contribution in [0.1, 0.15) is 29.8 Å². The minimum Gasteiger partial charge on any atom is -0.598 e. The number of nitrogens with zero attached hydrogens (tertiary/aromatic N) is 2. The standard InChI is InChI=1S/C13H15N2O8P/c16-14(17)10-5-6-13(11(7-10)15(18)19)23-24(20)21-8-9-3-1-2-4-12(9)22-24/h5-7,9,12H,1-4,8H2/t9-,12+,24?/m1/s1/i8D2,12D. The van der Waals surface area contributed by atoms with Gasteiger partial charge in [0.2, 0.25) is 0 Å². The van der Waals surface area contributed by atoms with Crippen LogP contribution in [0.4, 0.5) is 11.4 Å². The van der Waals surface area contributed by atoms with Gasteiger partial charge in [0.1, 0.15) is 12.6 Å². The first kappa shape index (κ1) is 13.4. The molecule has 11 heteroatoms. The molecule has 0 aromatic heterocycles. The summed E-state index contributed by atoms with van der Waals surface area (Å²) in [6.07, 6.45) is -0.292. The third-order valence-electron chi connectivity index (χ3n) is 3.65. The Labute approximate surface area is 141 Å². The molecule has 1 aromatic rings. The number of fused-ring (bicyclic) bond motifs is 1. The third-order valence-corrected chi connectivity index (χ3v) is 4.86. The molecule has 0 spiro atoms. The van der Waals surface area contributed by atoms with Crippen molar-refractivity contribution in [1.82, 2.24) is 0 Å². The molecule has 1 aliphatic heterocycles. The van der Waals surface area contributed by atoms with E-state index < -0.39 is 53.7 Å². The molecule has 130 valence electrons. The summed E-state index contributed by atoms with van der Waals surface area (Å²) < 4.78 is 39.4. The fourth-order valence-corrected chi connectivity index (χ4v) is 3.77. The predicted octanol–water partition coefficient (Wildman–Crippen LogP) is 2.53. The Hall–Kier alpha value is -1.87. The van der Waals surface area contributed by atoms with Crippen LogP contribution in [0.2, 0.25) is 0 Å². The van der Waals surface area contributed by atoms with Crippen molar-refractivity contribution in [3.63, 3.8) is 0 Å². The second-order valence-electron chi connectivity index (χ2n) is 5.27. The SMILES string of the molecule is [2H]C1([2H])O[P+]([O-])(Oc2ccc([N+](=O)[O-])cc2[N+](=O)[O-])O[C@@]2([2H])CCCC[C@H]12. The van der Waals surface area contributed by atoms with E-state index in [1.54, 1.807) is 0 Å². The first-order chi connectivity index (χ1) is 12.5. The molecule has 0 radical (unpaired) electrons. The van der Waals surface area contributed by atoms with Crippen LogP contribution in [0.3, 0.4) is 0 Å². The van der Waals surface area contributed by atoms with Gasteiger partial charge in [-0.2, -0.15) is 9.05 Å². The Kier molecular flexibility index (Phi) is 3.67. The third kappa shape index (κ3) is 3.46. The van der Waals surface area contributed by atoms with E-state index in [4.69, 9.17) is 17.7 Å². The van der Waals surface area contributed by atoms with Gasteiger partial charge in [0.25, 0.3) is 11.4 Å². The summed E-state index contributed by atoms with van der Waals surface area (Å²) in [5.74, 6) is -1.65. The molecule has 2 fully saturated rings. The molecule has 0 bridgehead atoms. The van der Waals surface area contributed by atoms with Crippen molar-refractivity contribution in [3.8, 4) is 5.75 Å². The molecule has 0 N–H and O–H groups in total. The van der Waals surface area contributed by atoms with Gasteiger partial charge in [-0.1, -0.05) is 12.8 Å². The largest absolute Gasteiger partial charge is 0.598 e. The van der Waals surface area contributed by atoms with E-state index >= 15 is 0 Å². The van der Waals surface area contributed by atoms with Gasteiger partial charge in [0, 0.05) is 12.0 Å². The van der Waals surface area contributed by atoms with Gasteiger partial charge < -0.3 is 4.89 Å². The molecular weight excluding hydrogens is 343 g/mol. The number of phosphoric ester groups is 1. The Morgan fingerprint density at radius 3 is 2.75 bits per heavy atom. The number of benzene rings is 1. The molecule has 1 heterocycles. The lowest BCUT2D eigenvalue weighted by Crippen LogP contribution is -2.40. The monoisotopic (exact) mass is 361 g/mol. The van der Waals surface area contributed by atoms with Crippen molar-refractivity contribution in [2.75, 3.05) is 6.56 Å². The van der Waals surface area contributed by atoms with E-state index in [0.29, 0.717) is 18.9 Å². The smallest absolute Gasteiger partial charge is 0.429 e. The van der Waals surface area contributed by atoms with Gasteiger partial charge in [-0.05, 0) is 18.9 Å². The van der Waals surface area contributed by atoms with Crippen molar-refractivity contribution >= 4 is 19.5 Å². The van der Waals surface area contributed by atoms with E-state index in [2.05, 4.69) is 0 Å². The molecule has 3 rings (SSSR count). The second-order valence-corrected chi connectivity index (χ2v) is 6.71. The molecule has 2 aliphatic rings. The molecule has 1 saturated heterocycles. The van der Waals surface area contributed by atoms with E-state index in [9.17, 15) is 25.1 Å². The topological polar surface area (TPSA) is 137 Å². The van der Waals surface area contributed by atoms with Crippen molar-refractivity contribution in [2.24, 2.45) is 5.92 Å². The summed E-state index contributed by atoms with van der Waals surface area (Å²) in [7, 11) is -4.75. The number of rotatable bonds is 4. The number of phosphoric acid groups is 1. The van der Waals surface area contributed by atoms with Crippen molar-refractivity contribution in [3.05, 3.63) is 38.4 Å². The van der Waals surface area contributed by atoms with Gasteiger partial charge in [-0.3, -0.25) is 24.8 Å². The molecule has 10 nitrogen and oxygen atoms in total. The molecule has 1 aromatic carbocycles. The highest BCUT2D eigenvalue weighted by atomic mass is 31.2. The summed E-state index contributed by atoms with van der Waals surface area (Å²) >= 11 is 0. The summed E-state index contributed by atoms with van der Waals surface area (Å²) in [5, 5.41) is 22.0. The Morgan fingerprint density at radius 1 is 1.29 bits per heavy atom. The van der Waals surface area contributed by atoms with E-state index in [0.717, 1.165) is 12.1 Å². The zero-order valence-corrected chi connectivity index (χ0v) is 13.1. The number of hydrogen-bond donors (Lipinski definition) is 0. The summed E-state index contributed by atoms with van der Waals surface area (Å²) in [6, 6.07) is 2.36.